The van der Waals surface area contributed by atoms with Crippen molar-refractivity contribution in [2.24, 2.45) is 4.99 Å². The minimum absolute atomic E-state index is 0.0574. The molecule has 0 fully saturated rings. The lowest BCUT2D eigenvalue weighted by atomic mass is 9.92. The van der Waals surface area contributed by atoms with E-state index in [4.69, 9.17) is 0 Å². The van der Waals surface area contributed by atoms with E-state index in [1.807, 2.05) is 44.2 Å². The topological polar surface area (TPSA) is 112 Å². The number of hydrogen-bond donors (Lipinski definition) is 0. The Kier molecular flexibility index (Phi) is 7.27. The Balaban J connectivity index is 2.02. The Hall–Kier alpha value is -3.13. The fourth-order valence-corrected chi connectivity index (χ4v) is 4.87. The van der Waals surface area contributed by atoms with Crippen molar-refractivity contribution in [2.45, 2.75) is 52.6 Å². The second-order valence-corrected chi connectivity index (χ2v) is 9.17. The quantitative estimate of drug-likeness (QED) is 0.255. The summed E-state index contributed by atoms with van der Waals surface area (Å²) in [7, 11) is 0. The maximum atomic E-state index is 13.0. The van der Waals surface area contributed by atoms with Gasteiger partial charge in [0, 0.05) is 27.0 Å². The summed E-state index contributed by atoms with van der Waals surface area (Å²) in [4.78, 5) is 34.6. The number of allylic oxidation sites excluding steroid dienone is 1. The molecule has 1 aromatic carbocycles. The van der Waals surface area contributed by atoms with Crippen molar-refractivity contribution in [3.63, 3.8) is 0 Å². The summed E-state index contributed by atoms with van der Waals surface area (Å²) in [5, 5.41) is 21.6. The fourth-order valence-electron chi connectivity index (χ4n) is 3.87. The van der Waals surface area contributed by atoms with E-state index in [0.29, 0.717) is 17.7 Å². The number of hydrogen-bond acceptors (Lipinski definition) is 6. The number of nitrogens with zero attached hydrogens (tertiary/aromatic N) is 5. The highest BCUT2D eigenvalue weighted by Crippen LogP contribution is 2.41. The van der Waals surface area contributed by atoms with Gasteiger partial charge >= 0.3 is 5.69 Å². The summed E-state index contributed by atoms with van der Waals surface area (Å²) in [6, 6.07) is 11.2. The first kappa shape index (κ1) is 24.5. The van der Waals surface area contributed by atoms with Crippen LogP contribution in [0.2, 0.25) is 0 Å². The number of aromatic nitrogens is 1. The van der Waals surface area contributed by atoms with Gasteiger partial charge in [-0.05, 0) is 73.1 Å². The van der Waals surface area contributed by atoms with Gasteiger partial charge in [0.2, 0.25) is 17.3 Å². The van der Waals surface area contributed by atoms with E-state index in [-0.39, 0.29) is 30.4 Å². The molecule has 9 heteroatoms. The van der Waals surface area contributed by atoms with Crippen LogP contribution in [0.15, 0.2) is 45.0 Å². The van der Waals surface area contributed by atoms with Crippen molar-refractivity contribution in [2.75, 3.05) is 4.90 Å². The molecule has 1 amide bonds. The zero-order chi connectivity index (χ0) is 24.3. The van der Waals surface area contributed by atoms with Gasteiger partial charge in [-0.25, -0.2) is 4.98 Å². The summed E-state index contributed by atoms with van der Waals surface area (Å²) < 4.78 is 0.822. The number of aliphatic imine (C=N–C) groups is 1. The van der Waals surface area contributed by atoms with Gasteiger partial charge in [0.1, 0.15) is 6.07 Å². The van der Waals surface area contributed by atoms with Gasteiger partial charge in [0.15, 0.2) is 0 Å². The fraction of sp³-hybridized carbons (Fsp3) is 0.333. The Morgan fingerprint density at radius 1 is 1.27 bits per heavy atom. The minimum atomic E-state index is -1.06. The first-order valence-corrected chi connectivity index (χ1v) is 11.6. The summed E-state index contributed by atoms with van der Waals surface area (Å²) >= 11 is 2.13. The highest BCUT2D eigenvalue weighted by Gasteiger charge is 2.38. The molecule has 0 saturated carbocycles. The van der Waals surface area contributed by atoms with Crippen molar-refractivity contribution >= 4 is 45.7 Å². The van der Waals surface area contributed by atoms with E-state index in [1.165, 1.54) is 4.90 Å². The van der Waals surface area contributed by atoms with Crippen molar-refractivity contribution in [1.82, 2.24) is 4.98 Å². The van der Waals surface area contributed by atoms with E-state index in [1.54, 1.807) is 19.9 Å². The molecule has 0 spiro atoms. The van der Waals surface area contributed by atoms with E-state index in [2.05, 4.69) is 38.6 Å². The van der Waals surface area contributed by atoms with Gasteiger partial charge in [-0.2, -0.15) is 5.26 Å². The highest BCUT2D eigenvalue weighted by atomic mass is 127. The van der Waals surface area contributed by atoms with Crippen molar-refractivity contribution in [3.05, 3.63) is 72.5 Å². The second kappa shape index (κ2) is 9.79. The molecule has 8 nitrogen and oxygen atoms in total. The van der Waals surface area contributed by atoms with Crippen LogP contribution in [0.4, 0.5) is 11.5 Å². The highest BCUT2D eigenvalue weighted by molar-refractivity contribution is 14.1. The molecule has 3 rings (SSSR count). The molecule has 0 bridgehead atoms. The number of anilines is 1. The molecule has 0 radical (unpaired) electrons. The molecule has 2 heterocycles. The first-order chi connectivity index (χ1) is 15.6. The number of carbonyl (C=O) groups is 1. The molecule has 0 N–H and O–H groups in total. The van der Waals surface area contributed by atoms with Crippen LogP contribution in [-0.2, 0) is 16.9 Å². The maximum absolute atomic E-state index is 13.0. The van der Waals surface area contributed by atoms with E-state index in [0.717, 1.165) is 20.4 Å². The van der Waals surface area contributed by atoms with E-state index >= 15 is 0 Å². The van der Waals surface area contributed by atoms with E-state index < -0.39 is 10.5 Å². The molecule has 1 aromatic heterocycles. The molecular weight excluding hydrogens is 533 g/mol. The smallest absolute Gasteiger partial charge is 0.287 e. The Labute approximate surface area is 206 Å². The summed E-state index contributed by atoms with van der Waals surface area (Å²) in [6.45, 7) is 7.26. The van der Waals surface area contributed by atoms with Gasteiger partial charge in [-0.15, -0.1) is 0 Å². The Morgan fingerprint density at radius 3 is 2.45 bits per heavy atom. The molecule has 1 aliphatic rings. The standard InChI is InChI=1S/C24H24IN5O3/c1-5-6-21(31)29(23-22(30(32)33)15(2)11-16(3)27-23)13-18-7-9-19(10-8-18)24(14-26)20(25)12-17(4)28-24/h7-12H,5-6,13H2,1-4H3. The number of halogens is 1. The zero-order valence-electron chi connectivity index (χ0n) is 18.9. The van der Waals surface area contributed by atoms with Crippen molar-refractivity contribution in [1.29, 1.82) is 5.26 Å². The second-order valence-electron chi connectivity index (χ2n) is 8.00. The van der Waals surface area contributed by atoms with Gasteiger partial charge in [-0.1, -0.05) is 31.2 Å². The monoisotopic (exact) mass is 557 g/mol. The number of nitriles is 1. The lowest BCUT2D eigenvalue weighted by Gasteiger charge is -2.24. The largest absolute Gasteiger partial charge is 0.314 e. The van der Waals surface area contributed by atoms with Gasteiger partial charge in [-0.3, -0.25) is 24.8 Å². The third-order valence-corrected chi connectivity index (χ3v) is 6.49. The molecule has 1 atom stereocenters. The SMILES string of the molecule is CCCC(=O)N(Cc1ccc(C2(C#N)N=C(C)C=C2I)cc1)c1nc(C)cc(C)c1[N+](=O)[O-]. The first-order valence-electron chi connectivity index (χ1n) is 10.5. The zero-order valence-corrected chi connectivity index (χ0v) is 21.1. The predicted octanol–water partition coefficient (Wildman–Crippen LogP) is 5.45. The summed E-state index contributed by atoms with van der Waals surface area (Å²) in [5.74, 6) is -0.175. The van der Waals surface area contributed by atoms with Crippen LogP contribution in [0.25, 0.3) is 0 Å². The Bertz CT molecular complexity index is 1210. The molecule has 0 aliphatic carbocycles. The average molecular weight is 557 g/mol. The normalized spacial score (nSPS) is 17.2. The minimum Gasteiger partial charge on any atom is -0.287 e. The summed E-state index contributed by atoms with van der Waals surface area (Å²) in [5.41, 5.74) is 2.12. The van der Waals surface area contributed by atoms with Crippen LogP contribution >= 0.6 is 22.6 Å². The van der Waals surface area contributed by atoms with E-state index in [9.17, 15) is 20.2 Å². The van der Waals surface area contributed by atoms with Crippen LogP contribution in [0.5, 0.6) is 0 Å². The number of carbonyl (C=O) groups excluding carboxylic acids is 1. The molecule has 170 valence electrons. The molecule has 1 unspecified atom stereocenters. The molecular formula is C24H24IN5O3. The molecule has 1 aliphatic heterocycles. The maximum Gasteiger partial charge on any atom is 0.314 e. The molecule has 2 aromatic rings. The predicted molar refractivity (Wildman–Crippen MR) is 135 cm³/mol. The number of benzene rings is 1. The van der Waals surface area contributed by atoms with Gasteiger partial charge < -0.3 is 0 Å². The average Bonchev–Trinajstić information content (AvgIpc) is 3.05. The Morgan fingerprint density at radius 2 is 1.94 bits per heavy atom. The van der Waals surface area contributed by atoms with Crippen molar-refractivity contribution < 1.29 is 9.72 Å². The van der Waals surface area contributed by atoms with Crippen LogP contribution < -0.4 is 4.90 Å². The van der Waals surface area contributed by atoms with Gasteiger partial charge in [0.25, 0.3) is 0 Å². The summed E-state index contributed by atoms with van der Waals surface area (Å²) in [6.07, 6.45) is 2.74. The number of amides is 1. The lowest BCUT2D eigenvalue weighted by molar-refractivity contribution is -0.384. The number of pyridine rings is 1. The molecule has 0 saturated heterocycles. The third kappa shape index (κ3) is 4.80. The molecule has 33 heavy (non-hydrogen) atoms. The van der Waals surface area contributed by atoms with Crippen LogP contribution in [0.1, 0.15) is 49.1 Å². The third-order valence-electron chi connectivity index (χ3n) is 5.40. The van der Waals surface area contributed by atoms with Crippen LogP contribution in [0, 0.1) is 35.3 Å². The van der Waals surface area contributed by atoms with Crippen LogP contribution in [-0.4, -0.2) is 21.5 Å². The number of rotatable bonds is 7. The lowest BCUT2D eigenvalue weighted by Crippen LogP contribution is -2.32. The van der Waals surface area contributed by atoms with Gasteiger partial charge in [0.05, 0.1) is 11.5 Å². The number of aryl methyl sites for hydroxylation is 2. The van der Waals surface area contributed by atoms with Crippen LogP contribution in [0.3, 0.4) is 0 Å². The number of nitro groups is 1. The van der Waals surface area contributed by atoms with Crippen molar-refractivity contribution in [3.8, 4) is 6.07 Å².